The van der Waals surface area contributed by atoms with Crippen LogP contribution in [0.2, 0.25) is 0 Å². The van der Waals surface area contributed by atoms with E-state index in [-0.39, 0.29) is 0 Å². The Kier molecular flexibility index (Phi) is 7.36. The molecule has 0 amide bonds. The number of hydrogen-bond acceptors (Lipinski definition) is 7. The fourth-order valence-corrected chi connectivity index (χ4v) is 6.82. The number of ether oxygens (including phenoxy) is 2. The highest BCUT2D eigenvalue weighted by Crippen LogP contribution is 2.62. The highest BCUT2D eigenvalue weighted by Gasteiger charge is 2.81. The third kappa shape index (κ3) is 4.15. The van der Waals surface area contributed by atoms with Crippen LogP contribution in [0.15, 0.2) is 123 Å². The number of carbonyl (C=O) groups excluding carboxylic acids is 2. The van der Waals surface area contributed by atoms with Crippen molar-refractivity contribution in [3.8, 4) is 0 Å². The average molecular weight is 691 g/mol. The molecule has 1 N–H and O–H groups in total. The zero-order valence-corrected chi connectivity index (χ0v) is 25.9. The van der Waals surface area contributed by atoms with Crippen LogP contribution in [0.25, 0.3) is 0 Å². The van der Waals surface area contributed by atoms with Crippen molar-refractivity contribution in [2.24, 2.45) is 11.0 Å². The number of carbonyl (C=O) groups is 2. The standard InChI is InChI=1S/C32H27Br2N4O4/c1-41-29(39)27-28(30(40)42-2)37(25-11-7-4-8-12-25)32(22-13-15-23(33)16-14-22)31(27,21-9-5-3-6-10-21)35-38(36-32)26-19-17-24(34)18-20-26/h3-20,27-28H,1-2H3,(H,35,36)/q+1/t27-,28+,31-,32+/m0/s1. The molecule has 4 aromatic rings. The molecule has 0 unspecified atom stereocenters. The van der Waals surface area contributed by atoms with Crippen molar-refractivity contribution in [2.75, 3.05) is 19.1 Å². The summed E-state index contributed by atoms with van der Waals surface area (Å²) in [5.41, 5.74) is 3.86. The van der Waals surface area contributed by atoms with Gasteiger partial charge in [0.05, 0.1) is 14.2 Å². The molecule has 0 spiro atoms. The summed E-state index contributed by atoms with van der Waals surface area (Å²) >= 11 is 7.09. The van der Waals surface area contributed by atoms with Crippen molar-refractivity contribution >= 4 is 55.2 Å². The molecule has 8 nitrogen and oxygen atoms in total. The number of nitrogens with zero attached hydrogens (tertiary/aromatic N) is 3. The Morgan fingerprint density at radius 2 is 1.31 bits per heavy atom. The van der Waals surface area contributed by atoms with E-state index >= 15 is 0 Å². The summed E-state index contributed by atoms with van der Waals surface area (Å²) in [6.07, 6.45) is 0. The van der Waals surface area contributed by atoms with Crippen LogP contribution < -0.4 is 10.3 Å². The van der Waals surface area contributed by atoms with Gasteiger partial charge in [0, 0.05) is 42.2 Å². The van der Waals surface area contributed by atoms with Crippen molar-refractivity contribution in [1.29, 1.82) is 0 Å². The molecule has 1 fully saturated rings. The molecule has 2 heterocycles. The average Bonchev–Trinajstić information content (AvgIpc) is 3.50. The van der Waals surface area contributed by atoms with E-state index in [0.717, 1.165) is 25.8 Å². The Balaban J connectivity index is 1.80. The minimum atomic E-state index is -1.37. The van der Waals surface area contributed by atoms with E-state index < -0.39 is 35.1 Å². The summed E-state index contributed by atoms with van der Waals surface area (Å²) in [6.45, 7) is 0. The Labute approximate surface area is 260 Å². The lowest BCUT2D eigenvalue weighted by atomic mass is 9.69. The van der Waals surface area contributed by atoms with Crippen LogP contribution >= 0.6 is 31.9 Å². The van der Waals surface area contributed by atoms with Crippen molar-refractivity contribution in [3.05, 3.63) is 129 Å². The van der Waals surface area contributed by atoms with Gasteiger partial charge in [0.25, 0.3) is 11.4 Å². The highest BCUT2D eigenvalue weighted by molar-refractivity contribution is 9.10. The van der Waals surface area contributed by atoms with Crippen molar-refractivity contribution < 1.29 is 23.9 Å². The van der Waals surface area contributed by atoms with Gasteiger partial charge in [-0.05, 0) is 42.0 Å². The Morgan fingerprint density at radius 3 is 1.88 bits per heavy atom. The first-order valence-corrected chi connectivity index (χ1v) is 14.8. The lowest BCUT2D eigenvalue weighted by molar-refractivity contribution is -0.570. The maximum atomic E-state index is 14.1. The number of hydrazine groups is 1. The van der Waals surface area contributed by atoms with Gasteiger partial charge in [-0.25, -0.2) is 4.79 Å². The van der Waals surface area contributed by atoms with Crippen molar-refractivity contribution in [1.82, 2.24) is 5.43 Å². The first-order chi connectivity index (χ1) is 20.4. The van der Waals surface area contributed by atoms with Crippen molar-refractivity contribution in [2.45, 2.75) is 17.2 Å². The molecule has 2 aliphatic rings. The third-order valence-corrected chi connectivity index (χ3v) is 9.02. The summed E-state index contributed by atoms with van der Waals surface area (Å²) in [5.74, 6) is -2.25. The smallest absolute Gasteiger partial charge is 0.329 e. The highest BCUT2D eigenvalue weighted by atomic mass is 79.9. The Morgan fingerprint density at radius 1 is 0.762 bits per heavy atom. The molecular formula is C32H27Br2N4O4+. The van der Waals surface area contributed by atoms with Gasteiger partial charge >= 0.3 is 11.9 Å². The molecule has 1 saturated heterocycles. The first kappa shape index (κ1) is 28.1. The third-order valence-electron chi connectivity index (χ3n) is 7.97. The molecule has 0 aliphatic carbocycles. The van der Waals surface area contributed by atoms with E-state index in [0.29, 0.717) is 5.69 Å². The van der Waals surface area contributed by atoms with E-state index in [2.05, 4.69) is 37.3 Å². The van der Waals surface area contributed by atoms with E-state index in [1.807, 2.05) is 114 Å². The second-order valence-electron chi connectivity index (χ2n) is 10.0. The number of hydrogen-bond donors (Lipinski definition) is 1. The van der Waals surface area contributed by atoms with Gasteiger partial charge in [0.15, 0.2) is 5.54 Å². The van der Waals surface area contributed by atoms with Gasteiger partial charge in [0.2, 0.25) is 0 Å². The second-order valence-corrected chi connectivity index (χ2v) is 11.9. The molecule has 2 aliphatic heterocycles. The molecule has 4 aromatic carbocycles. The normalized spacial score (nSPS) is 24.4. The quantitative estimate of drug-likeness (QED) is 0.186. The number of rotatable bonds is 6. The van der Waals surface area contributed by atoms with E-state index in [4.69, 9.17) is 14.6 Å². The van der Waals surface area contributed by atoms with Gasteiger partial charge in [0.1, 0.15) is 12.0 Å². The van der Waals surface area contributed by atoms with Crippen LogP contribution in [0.5, 0.6) is 0 Å². The number of fused-ring (bicyclic) bond motifs is 1. The zero-order valence-electron chi connectivity index (χ0n) is 22.8. The maximum Gasteiger partial charge on any atom is 0.329 e. The van der Waals surface area contributed by atoms with Crippen LogP contribution in [-0.2, 0) is 30.3 Å². The summed E-state index contributed by atoms with van der Waals surface area (Å²) in [5, 5.41) is 5.42. The van der Waals surface area contributed by atoms with Crippen molar-refractivity contribution in [3.63, 3.8) is 0 Å². The molecule has 212 valence electrons. The molecule has 4 atom stereocenters. The number of esters is 2. The lowest BCUT2D eigenvalue weighted by Gasteiger charge is -2.40. The SMILES string of the molecule is COC(=O)[C@@H]1[C@H](C(=O)OC)N(c2ccccc2)[C@@]2(c3ccc(Br)cc3)N=[N+](c3ccc(Br)cc3)N[C@@]12c1ccccc1. The minimum Gasteiger partial charge on any atom is -0.469 e. The first-order valence-electron chi connectivity index (χ1n) is 13.3. The predicted octanol–water partition coefficient (Wildman–Crippen LogP) is 6.43. The number of halogens is 2. The number of para-hydroxylation sites is 1. The number of anilines is 1. The summed E-state index contributed by atoms with van der Waals surface area (Å²) in [4.78, 5) is 31.6. The number of azo groups is 1. The number of nitrogens with one attached hydrogen (secondary N) is 1. The molecule has 0 radical (unpaired) electrons. The summed E-state index contributed by atoms with van der Waals surface area (Å²) in [7, 11) is 2.66. The maximum absolute atomic E-state index is 14.1. The molecule has 6 rings (SSSR count). The summed E-state index contributed by atoms with van der Waals surface area (Å²) < 4.78 is 12.7. The monoisotopic (exact) mass is 689 g/mol. The largest absolute Gasteiger partial charge is 0.469 e. The molecule has 0 aromatic heterocycles. The fourth-order valence-electron chi connectivity index (χ4n) is 6.29. The van der Waals surface area contributed by atoms with E-state index in [1.165, 1.54) is 14.2 Å². The molecule has 0 saturated carbocycles. The topological polar surface area (TPSA) is 83.2 Å². The van der Waals surface area contributed by atoms with Gasteiger partial charge < -0.3 is 14.4 Å². The van der Waals surface area contributed by atoms with Crippen LogP contribution in [0.3, 0.4) is 0 Å². The summed E-state index contributed by atoms with van der Waals surface area (Å²) in [6, 6.07) is 33.5. The lowest BCUT2D eigenvalue weighted by Crippen LogP contribution is -2.59. The van der Waals surface area contributed by atoms with E-state index in [9.17, 15) is 9.59 Å². The number of methoxy groups -OCH3 is 2. The number of benzene rings is 4. The molecule has 0 bridgehead atoms. The Bertz CT molecular complexity index is 1650. The zero-order chi connectivity index (χ0) is 29.5. The Hall–Kier alpha value is -4.02. The minimum absolute atomic E-state index is 0.575. The van der Waals surface area contributed by atoms with Gasteiger partial charge in [-0.15, -0.1) is 0 Å². The molecular weight excluding hydrogens is 664 g/mol. The van der Waals surface area contributed by atoms with Gasteiger partial charge in [-0.1, -0.05) is 92.5 Å². The fraction of sp³-hybridized carbons (Fsp3) is 0.188. The van der Waals surface area contributed by atoms with Gasteiger partial charge in [-0.3, -0.25) is 4.79 Å². The predicted molar refractivity (Wildman–Crippen MR) is 164 cm³/mol. The molecule has 42 heavy (non-hydrogen) atoms. The van der Waals surface area contributed by atoms with Crippen LogP contribution in [0.4, 0.5) is 11.4 Å². The molecule has 10 heteroatoms. The van der Waals surface area contributed by atoms with Crippen LogP contribution in [0.1, 0.15) is 11.1 Å². The van der Waals surface area contributed by atoms with Gasteiger partial charge in [-0.2, -0.15) is 5.43 Å². The van der Waals surface area contributed by atoms with Crippen LogP contribution in [-0.4, -0.2) is 37.0 Å². The van der Waals surface area contributed by atoms with E-state index in [1.54, 1.807) is 4.81 Å². The van der Waals surface area contributed by atoms with Crippen LogP contribution in [0, 0.1) is 5.92 Å². The second kappa shape index (κ2) is 11.0.